The van der Waals surface area contributed by atoms with Gasteiger partial charge in [-0.05, 0) is 49.6 Å². The van der Waals surface area contributed by atoms with Gasteiger partial charge in [-0.15, -0.1) is 0 Å². The molecule has 2 rings (SSSR count). The molecular weight excluding hydrogens is 215 g/mol. The summed E-state index contributed by atoms with van der Waals surface area (Å²) in [5.41, 5.74) is 2.15. The third kappa shape index (κ3) is 3.04. The number of nitrogens with zero attached hydrogens (tertiary/aromatic N) is 2. The normalized spacial score (nSPS) is 21.1. The van der Waals surface area contributed by atoms with Crippen molar-refractivity contribution in [3.05, 3.63) is 35.1 Å². The first kappa shape index (κ1) is 12.1. The van der Waals surface area contributed by atoms with Crippen molar-refractivity contribution in [3.63, 3.8) is 0 Å². The Balaban J connectivity index is 2.05. The summed E-state index contributed by atoms with van der Waals surface area (Å²) in [7, 11) is 0. The van der Waals surface area contributed by atoms with E-state index >= 15 is 0 Å². The number of hydrogen-bond donors (Lipinski definition) is 0. The zero-order valence-electron chi connectivity index (χ0n) is 10.1. The fourth-order valence-corrected chi connectivity index (χ4v) is 2.36. The van der Waals surface area contributed by atoms with Crippen LogP contribution < -0.4 is 0 Å². The van der Waals surface area contributed by atoms with E-state index in [1.165, 1.54) is 6.07 Å². The maximum atomic E-state index is 13.2. The highest BCUT2D eigenvalue weighted by Crippen LogP contribution is 2.19. The van der Waals surface area contributed by atoms with Crippen molar-refractivity contribution in [3.8, 4) is 6.07 Å². The Morgan fingerprint density at radius 2 is 2.35 bits per heavy atom. The zero-order chi connectivity index (χ0) is 12.3. The maximum Gasteiger partial charge on any atom is 0.123 e. The highest BCUT2D eigenvalue weighted by molar-refractivity contribution is 5.26. The molecule has 0 radical (unpaired) electrons. The number of aryl methyl sites for hydroxylation is 1. The van der Waals surface area contributed by atoms with Gasteiger partial charge in [0, 0.05) is 13.1 Å². The van der Waals surface area contributed by atoms with Crippen LogP contribution in [0.3, 0.4) is 0 Å². The largest absolute Gasteiger partial charge is 0.298 e. The lowest BCUT2D eigenvalue weighted by Crippen LogP contribution is -2.34. The number of rotatable bonds is 2. The molecule has 1 unspecified atom stereocenters. The molecule has 0 N–H and O–H groups in total. The van der Waals surface area contributed by atoms with Gasteiger partial charge in [0.1, 0.15) is 5.82 Å². The number of halogens is 1. The Labute approximate surface area is 102 Å². The lowest BCUT2D eigenvalue weighted by Gasteiger charge is -2.29. The Morgan fingerprint density at radius 3 is 3.12 bits per heavy atom. The second kappa shape index (κ2) is 5.29. The van der Waals surface area contributed by atoms with Crippen LogP contribution in [-0.4, -0.2) is 18.0 Å². The van der Waals surface area contributed by atoms with Crippen LogP contribution in [0.5, 0.6) is 0 Å². The van der Waals surface area contributed by atoms with Crippen LogP contribution in [0.2, 0.25) is 0 Å². The van der Waals surface area contributed by atoms with Crippen LogP contribution >= 0.6 is 0 Å². The van der Waals surface area contributed by atoms with Gasteiger partial charge < -0.3 is 0 Å². The molecule has 0 bridgehead atoms. The van der Waals surface area contributed by atoms with Gasteiger partial charge >= 0.3 is 0 Å². The van der Waals surface area contributed by atoms with Crippen LogP contribution in [0.15, 0.2) is 18.2 Å². The van der Waals surface area contributed by atoms with Crippen molar-refractivity contribution in [2.75, 3.05) is 13.1 Å². The second-order valence-corrected chi connectivity index (χ2v) is 4.77. The van der Waals surface area contributed by atoms with E-state index in [9.17, 15) is 4.39 Å². The van der Waals surface area contributed by atoms with Crippen LogP contribution in [0.25, 0.3) is 0 Å². The Bertz CT molecular complexity index is 436. The smallest absolute Gasteiger partial charge is 0.123 e. The Kier molecular flexibility index (Phi) is 3.75. The average Bonchev–Trinajstić information content (AvgIpc) is 2.34. The summed E-state index contributed by atoms with van der Waals surface area (Å²) in [6.45, 7) is 4.57. The molecule has 0 aromatic heterocycles. The molecule has 90 valence electrons. The summed E-state index contributed by atoms with van der Waals surface area (Å²) >= 11 is 0. The Morgan fingerprint density at radius 1 is 1.53 bits per heavy atom. The van der Waals surface area contributed by atoms with Gasteiger partial charge in [-0.25, -0.2) is 4.39 Å². The number of likely N-dealkylation sites (tertiary alicyclic amines) is 1. The molecule has 0 spiro atoms. The van der Waals surface area contributed by atoms with Gasteiger partial charge in [0.15, 0.2) is 0 Å². The van der Waals surface area contributed by atoms with Crippen molar-refractivity contribution in [1.82, 2.24) is 4.90 Å². The second-order valence-electron chi connectivity index (χ2n) is 4.77. The monoisotopic (exact) mass is 232 g/mol. The highest BCUT2D eigenvalue weighted by Gasteiger charge is 2.19. The lowest BCUT2D eigenvalue weighted by atomic mass is 9.98. The van der Waals surface area contributed by atoms with E-state index in [0.29, 0.717) is 0 Å². The molecule has 0 amide bonds. The van der Waals surface area contributed by atoms with Gasteiger partial charge in [0.05, 0.1) is 12.0 Å². The first-order valence-electron chi connectivity index (χ1n) is 6.06. The van der Waals surface area contributed by atoms with Gasteiger partial charge in [0.25, 0.3) is 0 Å². The molecule has 17 heavy (non-hydrogen) atoms. The lowest BCUT2D eigenvalue weighted by molar-refractivity contribution is 0.191. The topological polar surface area (TPSA) is 27.0 Å². The summed E-state index contributed by atoms with van der Waals surface area (Å²) in [5, 5.41) is 8.94. The third-order valence-corrected chi connectivity index (χ3v) is 3.39. The summed E-state index contributed by atoms with van der Waals surface area (Å²) in [6.07, 6.45) is 2.06. The molecule has 1 aromatic carbocycles. The maximum absolute atomic E-state index is 13.2. The minimum atomic E-state index is -0.181. The van der Waals surface area contributed by atoms with Gasteiger partial charge in [-0.2, -0.15) is 5.26 Å². The molecule has 1 aliphatic rings. The van der Waals surface area contributed by atoms with E-state index in [1.54, 1.807) is 6.07 Å². The third-order valence-electron chi connectivity index (χ3n) is 3.39. The van der Waals surface area contributed by atoms with E-state index in [0.717, 1.165) is 43.6 Å². The highest BCUT2D eigenvalue weighted by atomic mass is 19.1. The minimum absolute atomic E-state index is 0.137. The van der Waals surface area contributed by atoms with Crippen molar-refractivity contribution in [2.45, 2.75) is 26.3 Å². The molecule has 1 atom stereocenters. The zero-order valence-corrected chi connectivity index (χ0v) is 10.1. The number of nitriles is 1. The molecule has 0 saturated carbocycles. The predicted molar refractivity (Wildman–Crippen MR) is 64.8 cm³/mol. The molecule has 3 heteroatoms. The van der Waals surface area contributed by atoms with Gasteiger partial charge in [0.2, 0.25) is 0 Å². The molecule has 1 aliphatic heterocycles. The molecule has 2 nitrogen and oxygen atoms in total. The average molecular weight is 232 g/mol. The summed E-state index contributed by atoms with van der Waals surface area (Å²) in [5.74, 6) is -0.0444. The Hall–Kier alpha value is -1.40. The van der Waals surface area contributed by atoms with Crippen LogP contribution in [0.1, 0.15) is 24.0 Å². The quantitative estimate of drug-likeness (QED) is 0.784. The summed E-state index contributed by atoms with van der Waals surface area (Å²) < 4.78 is 13.2. The van der Waals surface area contributed by atoms with Crippen LogP contribution in [0, 0.1) is 30.0 Å². The van der Waals surface area contributed by atoms with Crippen molar-refractivity contribution in [2.24, 2.45) is 5.92 Å². The summed E-state index contributed by atoms with van der Waals surface area (Å²) in [6, 6.07) is 7.24. The molecule has 1 fully saturated rings. The fraction of sp³-hybridized carbons (Fsp3) is 0.500. The van der Waals surface area contributed by atoms with E-state index < -0.39 is 0 Å². The summed E-state index contributed by atoms with van der Waals surface area (Å²) in [4.78, 5) is 2.25. The molecular formula is C14H17FN2. The number of piperidine rings is 1. The molecule has 1 heterocycles. The van der Waals surface area contributed by atoms with Crippen LogP contribution in [-0.2, 0) is 6.54 Å². The van der Waals surface area contributed by atoms with E-state index in [4.69, 9.17) is 5.26 Å². The first-order chi connectivity index (χ1) is 8.19. The van der Waals surface area contributed by atoms with E-state index in [-0.39, 0.29) is 11.7 Å². The van der Waals surface area contributed by atoms with Crippen molar-refractivity contribution in [1.29, 1.82) is 5.26 Å². The molecule has 1 saturated heterocycles. The van der Waals surface area contributed by atoms with Crippen LogP contribution in [0.4, 0.5) is 4.39 Å². The van der Waals surface area contributed by atoms with Crippen molar-refractivity contribution < 1.29 is 4.39 Å². The van der Waals surface area contributed by atoms with Crippen molar-refractivity contribution >= 4 is 0 Å². The minimum Gasteiger partial charge on any atom is -0.298 e. The molecule has 1 aromatic rings. The standard InChI is InChI=1S/C14H17FN2/c1-11-4-5-14(15)7-13(11)10-17-6-2-3-12(8-16)9-17/h4-5,7,12H,2-3,6,9-10H2,1H3. The first-order valence-corrected chi connectivity index (χ1v) is 6.06. The number of benzene rings is 1. The number of hydrogen-bond acceptors (Lipinski definition) is 2. The van der Waals surface area contributed by atoms with Gasteiger partial charge in [-0.3, -0.25) is 4.90 Å². The fourth-order valence-electron chi connectivity index (χ4n) is 2.36. The molecule has 0 aliphatic carbocycles. The van der Waals surface area contributed by atoms with E-state index in [1.807, 2.05) is 13.0 Å². The SMILES string of the molecule is Cc1ccc(F)cc1CN1CCCC(C#N)C1. The predicted octanol–water partition coefficient (Wildman–Crippen LogP) is 2.87. The van der Waals surface area contributed by atoms with E-state index in [2.05, 4.69) is 11.0 Å². The van der Waals surface area contributed by atoms with Gasteiger partial charge in [-0.1, -0.05) is 6.07 Å².